The average molecular weight is 238 g/mol. The first-order valence-corrected chi connectivity index (χ1v) is 6.30. The highest BCUT2D eigenvalue weighted by Crippen LogP contribution is 2.27. The molecule has 0 heterocycles. The van der Waals surface area contributed by atoms with Gasteiger partial charge in [-0.2, -0.15) is 0 Å². The van der Waals surface area contributed by atoms with Crippen LogP contribution in [0.3, 0.4) is 0 Å². The monoisotopic (exact) mass is 238 g/mol. The molecule has 0 spiro atoms. The molecule has 3 heteroatoms. The van der Waals surface area contributed by atoms with Crippen molar-refractivity contribution in [3.05, 3.63) is 36.5 Å². The Morgan fingerprint density at radius 3 is 2.59 bits per heavy atom. The SMILES string of the molecule is C=C(/C=C\C(F)=C/N)NCC1CCC(C)CC1. The Kier molecular flexibility index (Phi) is 5.81. The number of allylic oxidation sites excluding steroid dienone is 3. The van der Waals surface area contributed by atoms with Crippen LogP contribution in [0.4, 0.5) is 4.39 Å². The van der Waals surface area contributed by atoms with E-state index in [0.29, 0.717) is 0 Å². The maximum absolute atomic E-state index is 12.7. The Balaban J connectivity index is 2.22. The zero-order chi connectivity index (χ0) is 12.7. The second-order valence-electron chi connectivity index (χ2n) is 4.92. The number of hydrogen-bond donors (Lipinski definition) is 2. The molecule has 0 amide bonds. The van der Waals surface area contributed by atoms with E-state index in [0.717, 1.165) is 30.3 Å². The molecule has 96 valence electrons. The summed E-state index contributed by atoms with van der Waals surface area (Å²) in [5.74, 6) is 1.16. The van der Waals surface area contributed by atoms with E-state index in [1.54, 1.807) is 6.08 Å². The number of rotatable bonds is 5. The predicted octanol–water partition coefficient (Wildman–Crippen LogP) is 3.24. The maximum atomic E-state index is 12.7. The lowest BCUT2D eigenvalue weighted by atomic mass is 9.83. The van der Waals surface area contributed by atoms with Crippen LogP contribution in [0.15, 0.2) is 36.5 Å². The fraction of sp³-hybridized carbons (Fsp3) is 0.571. The molecule has 3 N–H and O–H groups in total. The molecule has 0 atom stereocenters. The van der Waals surface area contributed by atoms with E-state index in [1.165, 1.54) is 31.8 Å². The van der Waals surface area contributed by atoms with Crippen LogP contribution in [-0.2, 0) is 0 Å². The summed E-state index contributed by atoms with van der Waals surface area (Å²) in [4.78, 5) is 0. The molecule has 0 unspecified atom stereocenters. The minimum absolute atomic E-state index is 0.445. The van der Waals surface area contributed by atoms with Gasteiger partial charge in [-0.05, 0) is 36.8 Å². The lowest BCUT2D eigenvalue weighted by Gasteiger charge is -2.26. The van der Waals surface area contributed by atoms with Crippen LogP contribution >= 0.6 is 0 Å². The Labute approximate surface area is 103 Å². The summed E-state index contributed by atoms with van der Waals surface area (Å²) in [5, 5.41) is 3.23. The van der Waals surface area contributed by atoms with E-state index in [4.69, 9.17) is 5.73 Å². The third-order valence-electron chi connectivity index (χ3n) is 3.36. The molecule has 0 aliphatic heterocycles. The number of halogens is 1. The minimum atomic E-state index is -0.445. The van der Waals surface area contributed by atoms with E-state index in [-0.39, 0.29) is 0 Å². The van der Waals surface area contributed by atoms with Crippen LogP contribution in [-0.4, -0.2) is 6.54 Å². The van der Waals surface area contributed by atoms with Gasteiger partial charge in [-0.15, -0.1) is 0 Å². The number of nitrogens with one attached hydrogen (secondary N) is 1. The van der Waals surface area contributed by atoms with Gasteiger partial charge in [-0.3, -0.25) is 0 Å². The van der Waals surface area contributed by atoms with Gasteiger partial charge in [0.1, 0.15) is 5.83 Å². The van der Waals surface area contributed by atoms with Gasteiger partial charge >= 0.3 is 0 Å². The van der Waals surface area contributed by atoms with E-state index in [9.17, 15) is 4.39 Å². The summed E-state index contributed by atoms with van der Waals surface area (Å²) in [6.07, 6.45) is 9.07. The summed E-state index contributed by atoms with van der Waals surface area (Å²) >= 11 is 0. The van der Waals surface area contributed by atoms with Gasteiger partial charge in [-0.1, -0.05) is 26.3 Å². The van der Waals surface area contributed by atoms with Crippen LogP contribution in [0.2, 0.25) is 0 Å². The predicted molar refractivity (Wildman–Crippen MR) is 70.8 cm³/mol. The van der Waals surface area contributed by atoms with Crippen LogP contribution < -0.4 is 11.1 Å². The molecule has 1 aliphatic carbocycles. The van der Waals surface area contributed by atoms with Gasteiger partial charge in [-0.25, -0.2) is 4.39 Å². The first-order chi connectivity index (χ1) is 8.11. The summed E-state index contributed by atoms with van der Waals surface area (Å²) < 4.78 is 12.7. The van der Waals surface area contributed by atoms with Crippen molar-refractivity contribution in [2.45, 2.75) is 32.6 Å². The molecule has 1 aliphatic rings. The molecule has 0 radical (unpaired) electrons. The van der Waals surface area contributed by atoms with E-state index < -0.39 is 5.83 Å². The lowest BCUT2D eigenvalue weighted by molar-refractivity contribution is 0.287. The van der Waals surface area contributed by atoms with Crippen molar-refractivity contribution >= 4 is 0 Å². The zero-order valence-corrected chi connectivity index (χ0v) is 10.6. The van der Waals surface area contributed by atoms with Crippen molar-refractivity contribution in [3.8, 4) is 0 Å². The van der Waals surface area contributed by atoms with Crippen molar-refractivity contribution in [2.24, 2.45) is 17.6 Å². The van der Waals surface area contributed by atoms with Gasteiger partial charge in [0.2, 0.25) is 0 Å². The molecule has 0 bridgehead atoms. The number of nitrogens with two attached hydrogens (primary N) is 1. The molecule has 1 saturated carbocycles. The van der Waals surface area contributed by atoms with E-state index in [1.807, 2.05) is 0 Å². The number of hydrogen-bond acceptors (Lipinski definition) is 2. The summed E-state index contributed by atoms with van der Waals surface area (Å²) in [6, 6.07) is 0. The average Bonchev–Trinajstić information content (AvgIpc) is 2.35. The molecule has 0 saturated heterocycles. The molecule has 0 aromatic rings. The summed E-state index contributed by atoms with van der Waals surface area (Å²) in [6.45, 7) is 7.07. The highest BCUT2D eigenvalue weighted by Gasteiger charge is 2.17. The molecular formula is C14H23FN2. The largest absolute Gasteiger partial charge is 0.402 e. The normalized spacial score (nSPS) is 26.1. The van der Waals surface area contributed by atoms with E-state index >= 15 is 0 Å². The Bertz CT molecular complexity index is 299. The maximum Gasteiger partial charge on any atom is 0.138 e. The standard InChI is InChI=1S/C14H23FN2/c1-11-3-6-13(7-4-11)10-17-12(2)5-8-14(15)9-16/h5,8-9,11,13,17H,2-4,6-7,10,16H2,1H3/b8-5-,14-9+. The second-order valence-corrected chi connectivity index (χ2v) is 4.92. The van der Waals surface area contributed by atoms with Crippen LogP contribution in [0.1, 0.15) is 32.6 Å². The fourth-order valence-corrected chi connectivity index (χ4v) is 2.10. The van der Waals surface area contributed by atoms with Crippen LogP contribution in [0, 0.1) is 11.8 Å². The van der Waals surface area contributed by atoms with Crippen molar-refractivity contribution in [2.75, 3.05) is 6.54 Å². The molecule has 2 nitrogen and oxygen atoms in total. The van der Waals surface area contributed by atoms with Gasteiger partial charge in [0.25, 0.3) is 0 Å². The lowest BCUT2D eigenvalue weighted by Crippen LogP contribution is -2.24. The Morgan fingerprint density at radius 2 is 2.00 bits per heavy atom. The molecule has 17 heavy (non-hydrogen) atoms. The van der Waals surface area contributed by atoms with Crippen molar-refractivity contribution < 1.29 is 4.39 Å². The Morgan fingerprint density at radius 1 is 1.35 bits per heavy atom. The summed E-state index contributed by atoms with van der Waals surface area (Å²) in [5.41, 5.74) is 5.76. The molecule has 1 rings (SSSR count). The topological polar surface area (TPSA) is 38.0 Å². The van der Waals surface area contributed by atoms with Crippen molar-refractivity contribution in [3.63, 3.8) is 0 Å². The molecular weight excluding hydrogens is 215 g/mol. The van der Waals surface area contributed by atoms with E-state index in [2.05, 4.69) is 18.8 Å². The van der Waals surface area contributed by atoms with Gasteiger partial charge in [0.15, 0.2) is 0 Å². The third-order valence-corrected chi connectivity index (χ3v) is 3.36. The van der Waals surface area contributed by atoms with Crippen molar-refractivity contribution in [1.82, 2.24) is 5.32 Å². The van der Waals surface area contributed by atoms with Crippen molar-refractivity contribution in [1.29, 1.82) is 0 Å². The third kappa shape index (κ3) is 5.57. The van der Waals surface area contributed by atoms with Crippen LogP contribution in [0.5, 0.6) is 0 Å². The smallest absolute Gasteiger partial charge is 0.138 e. The quantitative estimate of drug-likeness (QED) is 0.722. The molecule has 0 aromatic carbocycles. The first kappa shape index (κ1) is 13.8. The Hall–Kier alpha value is -1.25. The minimum Gasteiger partial charge on any atom is -0.402 e. The zero-order valence-electron chi connectivity index (χ0n) is 10.6. The van der Waals surface area contributed by atoms with Gasteiger partial charge in [0.05, 0.1) is 0 Å². The summed E-state index contributed by atoms with van der Waals surface area (Å²) in [7, 11) is 0. The molecule has 1 fully saturated rings. The van der Waals surface area contributed by atoms with Gasteiger partial charge in [0, 0.05) is 18.4 Å². The fourth-order valence-electron chi connectivity index (χ4n) is 2.10. The first-order valence-electron chi connectivity index (χ1n) is 6.30. The van der Waals surface area contributed by atoms with Crippen LogP contribution in [0.25, 0.3) is 0 Å². The molecule has 0 aromatic heterocycles. The highest BCUT2D eigenvalue weighted by atomic mass is 19.1. The second kappa shape index (κ2) is 7.15. The highest BCUT2D eigenvalue weighted by molar-refractivity contribution is 5.20. The van der Waals surface area contributed by atoms with Gasteiger partial charge < -0.3 is 11.1 Å².